The topological polar surface area (TPSA) is 57.5 Å². The van der Waals surface area contributed by atoms with E-state index in [-0.39, 0.29) is 54.3 Å². The van der Waals surface area contributed by atoms with Gasteiger partial charge in [0.05, 0.1) is 6.10 Å². The minimum atomic E-state index is -2.84. The summed E-state index contributed by atoms with van der Waals surface area (Å²) in [5.74, 6) is -5.17. The van der Waals surface area contributed by atoms with Gasteiger partial charge in [-0.1, -0.05) is 20.8 Å². The second-order valence-corrected chi connectivity index (χ2v) is 11.5. The van der Waals surface area contributed by atoms with Crippen LogP contribution in [0, 0.1) is 46.3 Å². The van der Waals surface area contributed by atoms with Crippen LogP contribution in [0.4, 0.5) is 13.2 Å². The molecule has 0 heterocycles. The molecule has 10 atom stereocenters. The number of aliphatic carboxylic acids is 1. The molecular weight excluding hydrogens is 393 g/mol. The number of rotatable bonds is 4. The van der Waals surface area contributed by atoms with E-state index in [2.05, 4.69) is 6.92 Å². The van der Waals surface area contributed by atoms with Gasteiger partial charge in [-0.25, -0.2) is 13.2 Å². The molecule has 0 radical (unpaired) electrons. The molecule has 30 heavy (non-hydrogen) atoms. The molecule has 4 rings (SSSR count). The van der Waals surface area contributed by atoms with Crippen molar-refractivity contribution in [3.63, 3.8) is 0 Å². The minimum absolute atomic E-state index is 0.0562. The van der Waals surface area contributed by atoms with Gasteiger partial charge in [0.15, 0.2) is 0 Å². The number of alkyl halides is 3. The third-order valence-corrected chi connectivity index (χ3v) is 10.3. The number of carboxylic acids is 1. The fraction of sp³-hybridized carbons (Fsp3) is 0.958. The molecule has 172 valence electrons. The number of halogens is 3. The molecule has 10 unspecified atom stereocenters. The van der Waals surface area contributed by atoms with Crippen LogP contribution in [-0.4, -0.2) is 34.4 Å². The lowest BCUT2D eigenvalue weighted by Crippen LogP contribution is -2.64. The smallest absolute Gasteiger partial charge is 0.303 e. The number of hydrogen-bond donors (Lipinski definition) is 2. The second kappa shape index (κ2) is 7.38. The Labute approximate surface area is 177 Å². The molecule has 0 bridgehead atoms. The molecule has 3 nitrogen and oxygen atoms in total. The van der Waals surface area contributed by atoms with Crippen molar-refractivity contribution < 1.29 is 28.2 Å². The Morgan fingerprint density at radius 2 is 1.83 bits per heavy atom. The van der Waals surface area contributed by atoms with Crippen molar-refractivity contribution in [2.24, 2.45) is 46.3 Å². The Hall–Kier alpha value is -0.780. The Morgan fingerprint density at radius 1 is 1.13 bits per heavy atom. The Morgan fingerprint density at radius 3 is 2.50 bits per heavy atom. The summed E-state index contributed by atoms with van der Waals surface area (Å²) in [6.45, 7) is 6.07. The molecule has 0 aromatic rings. The molecule has 0 aromatic heterocycles. The van der Waals surface area contributed by atoms with Crippen LogP contribution in [0.3, 0.4) is 0 Å². The highest BCUT2D eigenvalue weighted by molar-refractivity contribution is 5.66. The van der Waals surface area contributed by atoms with Gasteiger partial charge in [0.1, 0.15) is 6.17 Å². The van der Waals surface area contributed by atoms with Gasteiger partial charge in [0.2, 0.25) is 0 Å². The summed E-state index contributed by atoms with van der Waals surface area (Å²) in [4.78, 5) is 11.0. The van der Waals surface area contributed by atoms with E-state index in [0.717, 1.165) is 6.42 Å². The average molecular weight is 431 g/mol. The molecule has 0 spiro atoms. The van der Waals surface area contributed by atoms with E-state index >= 15 is 8.78 Å². The zero-order valence-corrected chi connectivity index (χ0v) is 18.4. The van der Waals surface area contributed by atoms with E-state index in [1.807, 2.05) is 13.8 Å². The van der Waals surface area contributed by atoms with Crippen LogP contribution in [0.25, 0.3) is 0 Å². The van der Waals surface area contributed by atoms with Crippen LogP contribution >= 0.6 is 0 Å². The molecule has 4 saturated carbocycles. The van der Waals surface area contributed by atoms with E-state index in [1.54, 1.807) is 0 Å². The standard InChI is InChI=1S/C24H37F3O3/c1-13(4-7-20(29)30)16-5-6-17-21-18(11-19(28)23(16,17)3)22(2)9-8-15(25)10-14(22)12-24(21,26)27/h13-19,21,28H,4-12H2,1-3H3,(H,29,30). The fourth-order valence-corrected chi connectivity index (χ4v) is 8.59. The molecule has 0 aromatic carbocycles. The second-order valence-electron chi connectivity index (χ2n) is 11.5. The SMILES string of the molecule is CC(CCC(=O)O)C1CCC2C3C(CC(O)C12C)C1(C)CCC(F)CC1CC3(F)F. The first kappa shape index (κ1) is 22.4. The van der Waals surface area contributed by atoms with Crippen molar-refractivity contribution in [3.05, 3.63) is 0 Å². The maximum atomic E-state index is 15.6. The summed E-state index contributed by atoms with van der Waals surface area (Å²) in [6, 6.07) is 0. The Kier molecular flexibility index (Phi) is 5.52. The first-order valence-electron chi connectivity index (χ1n) is 11.8. The van der Waals surface area contributed by atoms with Gasteiger partial charge in [0, 0.05) is 18.8 Å². The van der Waals surface area contributed by atoms with Crippen molar-refractivity contribution >= 4 is 5.97 Å². The van der Waals surface area contributed by atoms with Crippen molar-refractivity contribution in [2.45, 2.75) is 96.8 Å². The van der Waals surface area contributed by atoms with E-state index in [0.29, 0.717) is 32.1 Å². The van der Waals surface area contributed by atoms with Crippen LogP contribution in [0.2, 0.25) is 0 Å². The zero-order valence-electron chi connectivity index (χ0n) is 18.4. The van der Waals surface area contributed by atoms with Crippen LogP contribution in [0.15, 0.2) is 0 Å². The maximum absolute atomic E-state index is 15.6. The van der Waals surface area contributed by atoms with Crippen molar-refractivity contribution in [1.82, 2.24) is 0 Å². The Bertz CT molecular complexity index is 685. The molecule has 0 aliphatic heterocycles. The van der Waals surface area contributed by atoms with Gasteiger partial charge in [-0.05, 0) is 85.4 Å². The minimum Gasteiger partial charge on any atom is -0.481 e. The van der Waals surface area contributed by atoms with Gasteiger partial charge in [-0.15, -0.1) is 0 Å². The fourth-order valence-electron chi connectivity index (χ4n) is 8.59. The van der Waals surface area contributed by atoms with Crippen molar-refractivity contribution in [3.8, 4) is 0 Å². The lowest BCUT2D eigenvalue weighted by atomic mass is 9.43. The number of carboxylic acid groups (broad SMARTS) is 1. The van der Waals surface area contributed by atoms with E-state index in [1.165, 1.54) is 0 Å². The first-order chi connectivity index (χ1) is 13.9. The molecule has 4 aliphatic carbocycles. The Balaban J connectivity index is 1.65. The van der Waals surface area contributed by atoms with Crippen LogP contribution in [-0.2, 0) is 4.79 Å². The lowest BCUT2D eigenvalue weighted by molar-refractivity contribution is -0.256. The number of aliphatic hydroxyl groups excluding tert-OH is 1. The number of hydrogen-bond acceptors (Lipinski definition) is 2. The summed E-state index contributed by atoms with van der Waals surface area (Å²) in [5, 5.41) is 20.4. The van der Waals surface area contributed by atoms with Crippen molar-refractivity contribution in [1.29, 1.82) is 0 Å². The average Bonchev–Trinajstić information content (AvgIpc) is 3.00. The van der Waals surface area contributed by atoms with E-state index in [4.69, 9.17) is 5.11 Å². The molecule has 4 aliphatic rings. The number of fused-ring (bicyclic) bond motifs is 5. The predicted octanol–water partition coefficient (Wildman–Crippen LogP) is 5.70. The van der Waals surface area contributed by atoms with Crippen LogP contribution in [0.5, 0.6) is 0 Å². The summed E-state index contributed by atoms with van der Waals surface area (Å²) < 4.78 is 45.4. The third-order valence-electron chi connectivity index (χ3n) is 10.3. The highest BCUT2D eigenvalue weighted by Crippen LogP contribution is 2.71. The van der Waals surface area contributed by atoms with Gasteiger partial charge >= 0.3 is 5.97 Å². The molecule has 0 saturated heterocycles. The number of aliphatic hydroxyl groups is 1. The van der Waals surface area contributed by atoms with Gasteiger partial charge in [0.25, 0.3) is 5.92 Å². The molecule has 0 amide bonds. The maximum Gasteiger partial charge on any atom is 0.303 e. The van der Waals surface area contributed by atoms with Crippen molar-refractivity contribution in [2.75, 3.05) is 0 Å². The lowest BCUT2D eigenvalue weighted by Gasteiger charge is -2.64. The monoisotopic (exact) mass is 430 g/mol. The molecule has 4 fully saturated rings. The van der Waals surface area contributed by atoms with E-state index < -0.39 is 35.5 Å². The predicted molar refractivity (Wildman–Crippen MR) is 108 cm³/mol. The van der Waals surface area contributed by atoms with Gasteiger partial charge in [-0.2, -0.15) is 0 Å². The van der Waals surface area contributed by atoms with E-state index in [9.17, 15) is 14.3 Å². The molecule has 6 heteroatoms. The number of carbonyl (C=O) groups is 1. The van der Waals surface area contributed by atoms with Crippen LogP contribution < -0.4 is 0 Å². The normalized spacial score (nSPS) is 50.8. The van der Waals surface area contributed by atoms with Gasteiger partial charge in [-0.3, -0.25) is 4.79 Å². The first-order valence-corrected chi connectivity index (χ1v) is 11.8. The summed E-state index contributed by atoms with van der Waals surface area (Å²) in [5.41, 5.74) is -0.937. The quantitative estimate of drug-likeness (QED) is 0.601. The van der Waals surface area contributed by atoms with Crippen LogP contribution in [0.1, 0.15) is 78.6 Å². The van der Waals surface area contributed by atoms with Gasteiger partial charge < -0.3 is 10.2 Å². The summed E-state index contributed by atoms with van der Waals surface area (Å²) >= 11 is 0. The largest absolute Gasteiger partial charge is 0.481 e. The summed E-state index contributed by atoms with van der Waals surface area (Å²) in [6.07, 6.45) is 1.79. The highest BCUT2D eigenvalue weighted by atomic mass is 19.3. The molecular formula is C24H37F3O3. The highest BCUT2D eigenvalue weighted by Gasteiger charge is 2.70. The third kappa shape index (κ3) is 3.22. The summed E-state index contributed by atoms with van der Waals surface area (Å²) in [7, 11) is 0. The molecule has 2 N–H and O–H groups in total. The zero-order chi connectivity index (χ0) is 22.1.